The normalized spacial score (nSPS) is 11.0. The first-order valence-corrected chi connectivity index (χ1v) is 9.69. The zero-order valence-electron chi connectivity index (χ0n) is 16.2. The zero-order chi connectivity index (χ0) is 19.1. The van der Waals surface area contributed by atoms with Gasteiger partial charge in [0.1, 0.15) is 12.0 Å². The molecular formula is C20H25IN4O2S. The van der Waals surface area contributed by atoms with Gasteiger partial charge in [-0.3, -0.25) is 4.99 Å². The summed E-state index contributed by atoms with van der Waals surface area (Å²) in [6, 6.07) is 12.1. The molecule has 0 bridgehead atoms. The van der Waals surface area contributed by atoms with E-state index in [1.54, 1.807) is 24.6 Å². The molecule has 0 saturated heterocycles. The number of ether oxygens (including phenoxy) is 1. The number of rotatable bonds is 7. The predicted octanol–water partition coefficient (Wildman–Crippen LogP) is 4.63. The van der Waals surface area contributed by atoms with Crippen LogP contribution in [0, 0.1) is 0 Å². The molecule has 2 aromatic heterocycles. The van der Waals surface area contributed by atoms with E-state index in [9.17, 15) is 0 Å². The van der Waals surface area contributed by atoms with Crippen molar-refractivity contribution in [1.29, 1.82) is 0 Å². The molecule has 1 aromatic carbocycles. The first-order chi connectivity index (χ1) is 13.2. The van der Waals surface area contributed by atoms with Crippen molar-refractivity contribution in [2.24, 2.45) is 4.99 Å². The Hall–Kier alpha value is -2.07. The molecule has 150 valence electrons. The van der Waals surface area contributed by atoms with E-state index >= 15 is 0 Å². The molecule has 1 N–H and O–H groups in total. The molecule has 0 amide bonds. The van der Waals surface area contributed by atoms with Crippen LogP contribution in [-0.2, 0) is 13.1 Å². The fourth-order valence-corrected chi connectivity index (χ4v) is 3.32. The molecule has 28 heavy (non-hydrogen) atoms. The van der Waals surface area contributed by atoms with E-state index in [0.717, 1.165) is 28.8 Å². The number of nitrogens with zero attached hydrogens (tertiary/aromatic N) is 3. The number of oxazole rings is 1. The third kappa shape index (κ3) is 5.96. The monoisotopic (exact) mass is 512 g/mol. The second-order valence-corrected chi connectivity index (χ2v) is 6.90. The van der Waals surface area contributed by atoms with Gasteiger partial charge in [-0.15, -0.1) is 35.3 Å². The Balaban J connectivity index is 0.00000280. The molecule has 0 radical (unpaired) electrons. The molecule has 6 nitrogen and oxygen atoms in total. The summed E-state index contributed by atoms with van der Waals surface area (Å²) in [5.41, 5.74) is 2.03. The van der Waals surface area contributed by atoms with Gasteiger partial charge >= 0.3 is 0 Å². The number of hydrogen-bond acceptors (Lipinski definition) is 5. The minimum absolute atomic E-state index is 0. The van der Waals surface area contributed by atoms with Crippen LogP contribution in [-0.4, -0.2) is 36.5 Å². The minimum atomic E-state index is 0. The smallest absolute Gasteiger partial charge is 0.236 e. The Morgan fingerprint density at radius 1 is 1.29 bits per heavy atom. The molecule has 0 spiro atoms. The highest BCUT2D eigenvalue weighted by atomic mass is 127. The van der Waals surface area contributed by atoms with Crippen LogP contribution < -0.4 is 10.1 Å². The molecule has 3 rings (SSSR count). The molecular weight excluding hydrogens is 487 g/mol. The predicted molar refractivity (Wildman–Crippen MR) is 125 cm³/mol. The summed E-state index contributed by atoms with van der Waals surface area (Å²) < 4.78 is 11.0. The lowest BCUT2D eigenvalue weighted by atomic mass is 10.2. The van der Waals surface area contributed by atoms with E-state index < -0.39 is 0 Å². The lowest BCUT2D eigenvalue weighted by Crippen LogP contribution is -2.38. The highest BCUT2D eigenvalue weighted by Crippen LogP contribution is 2.23. The van der Waals surface area contributed by atoms with Crippen LogP contribution in [0.2, 0.25) is 0 Å². The Bertz CT molecular complexity index is 863. The van der Waals surface area contributed by atoms with Crippen molar-refractivity contribution in [3.63, 3.8) is 0 Å². The second kappa shape index (κ2) is 11.1. The first kappa shape index (κ1) is 22.2. The highest BCUT2D eigenvalue weighted by molar-refractivity contribution is 14.0. The highest BCUT2D eigenvalue weighted by Gasteiger charge is 2.10. The molecule has 0 atom stereocenters. The molecule has 8 heteroatoms. The standard InChI is InChI=1S/C20H24N4O2S.HI/c1-4-25-17-9-7-15(8-10-17)13-24(3)20(21-2)22-12-16-14-26-19(23-16)18-6-5-11-27-18;/h5-11,14H,4,12-13H2,1-3H3,(H,21,22);1H. The lowest BCUT2D eigenvalue weighted by Gasteiger charge is -2.22. The molecule has 0 saturated carbocycles. The van der Waals surface area contributed by atoms with E-state index in [4.69, 9.17) is 9.15 Å². The molecule has 0 aliphatic heterocycles. The maximum atomic E-state index is 5.56. The van der Waals surface area contributed by atoms with Gasteiger partial charge in [-0.2, -0.15) is 0 Å². The van der Waals surface area contributed by atoms with Crippen molar-refractivity contribution in [2.45, 2.75) is 20.0 Å². The minimum Gasteiger partial charge on any atom is -0.494 e. The van der Waals surface area contributed by atoms with Gasteiger partial charge in [0.05, 0.1) is 23.7 Å². The largest absolute Gasteiger partial charge is 0.494 e. The van der Waals surface area contributed by atoms with Crippen LogP contribution in [0.5, 0.6) is 5.75 Å². The molecule has 0 aliphatic carbocycles. The number of aliphatic imine (C=N–C) groups is 1. The average molecular weight is 512 g/mol. The van der Waals surface area contributed by atoms with Crippen molar-refractivity contribution in [3.8, 4) is 16.5 Å². The number of aromatic nitrogens is 1. The molecule has 3 aromatic rings. The van der Waals surface area contributed by atoms with Crippen molar-refractivity contribution in [2.75, 3.05) is 20.7 Å². The maximum Gasteiger partial charge on any atom is 0.236 e. The summed E-state index contributed by atoms with van der Waals surface area (Å²) in [7, 11) is 3.78. The SMILES string of the molecule is CCOc1ccc(CN(C)C(=NC)NCc2coc(-c3cccs3)n2)cc1.I. The number of benzene rings is 1. The van der Waals surface area contributed by atoms with Crippen LogP contribution in [0.4, 0.5) is 0 Å². The van der Waals surface area contributed by atoms with Crippen LogP contribution in [0.3, 0.4) is 0 Å². The summed E-state index contributed by atoms with van der Waals surface area (Å²) in [6.45, 7) is 3.95. The first-order valence-electron chi connectivity index (χ1n) is 8.81. The number of thiophene rings is 1. The Kier molecular flexibility index (Phi) is 8.78. The third-order valence-electron chi connectivity index (χ3n) is 3.94. The van der Waals surface area contributed by atoms with E-state index in [0.29, 0.717) is 19.0 Å². The number of hydrogen-bond donors (Lipinski definition) is 1. The van der Waals surface area contributed by atoms with Gasteiger partial charge < -0.3 is 19.4 Å². The Morgan fingerprint density at radius 2 is 2.07 bits per heavy atom. The third-order valence-corrected chi connectivity index (χ3v) is 4.80. The fraction of sp³-hybridized carbons (Fsp3) is 0.300. The summed E-state index contributed by atoms with van der Waals surface area (Å²) >= 11 is 1.61. The fourth-order valence-electron chi connectivity index (χ4n) is 2.66. The maximum absolute atomic E-state index is 5.56. The topological polar surface area (TPSA) is 62.9 Å². The second-order valence-electron chi connectivity index (χ2n) is 5.96. The summed E-state index contributed by atoms with van der Waals surface area (Å²) in [5.74, 6) is 2.34. The Morgan fingerprint density at radius 3 is 2.71 bits per heavy atom. The van der Waals surface area contributed by atoms with Gasteiger partial charge in [0.15, 0.2) is 5.96 Å². The number of halogens is 1. The van der Waals surface area contributed by atoms with Gasteiger partial charge in [-0.1, -0.05) is 18.2 Å². The number of guanidine groups is 1. The van der Waals surface area contributed by atoms with Gasteiger partial charge in [0.2, 0.25) is 5.89 Å². The summed E-state index contributed by atoms with van der Waals surface area (Å²) in [4.78, 5) is 12.0. The quantitative estimate of drug-likeness (QED) is 0.284. The molecule has 0 aliphatic rings. The van der Waals surface area contributed by atoms with Crippen LogP contribution in [0.1, 0.15) is 18.2 Å². The van der Waals surface area contributed by atoms with Crippen molar-refractivity contribution < 1.29 is 9.15 Å². The molecule has 2 heterocycles. The Labute approximate surface area is 186 Å². The van der Waals surface area contributed by atoms with E-state index in [1.807, 2.05) is 43.6 Å². The van der Waals surface area contributed by atoms with Crippen molar-refractivity contribution >= 4 is 41.3 Å². The van der Waals surface area contributed by atoms with Gasteiger partial charge in [-0.25, -0.2) is 4.98 Å². The van der Waals surface area contributed by atoms with E-state index in [-0.39, 0.29) is 24.0 Å². The lowest BCUT2D eigenvalue weighted by molar-refractivity contribution is 0.340. The zero-order valence-corrected chi connectivity index (χ0v) is 19.4. The van der Waals surface area contributed by atoms with Crippen molar-refractivity contribution in [3.05, 3.63) is 59.3 Å². The van der Waals surface area contributed by atoms with E-state index in [2.05, 4.69) is 32.3 Å². The molecule has 0 unspecified atom stereocenters. The van der Waals surface area contributed by atoms with Gasteiger partial charge in [0.25, 0.3) is 0 Å². The van der Waals surface area contributed by atoms with Crippen molar-refractivity contribution in [1.82, 2.24) is 15.2 Å². The summed E-state index contributed by atoms with van der Waals surface area (Å²) in [6.07, 6.45) is 1.68. The van der Waals surface area contributed by atoms with Gasteiger partial charge in [0, 0.05) is 20.6 Å². The van der Waals surface area contributed by atoms with Crippen LogP contribution in [0.15, 0.2) is 57.5 Å². The number of nitrogens with one attached hydrogen (secondary N) is 1. The van der Waals surface area contributed by atoms with Crippen LogP contribution in [0.25, 0.3) is 10.8 Å². The van der Waals surface area contributed by atoms with Gasteiger partial charge in [-0.05, 0) is 36.1 Å². The van der Waals surface area contributed by atoms with Crippen LogP contribution >= 0.6 is 35.3 Å². The average Bonchev–Trinajstić information content (AvgIpc) is 3.35. The summed E-state index contributed by atoms with van der Waals surface area (Å²) in [5, 5.41) is 5.34. The van der Waals surface area contributed by atoms with E-state index in [1.165, 1.54) is 5.56 Å². The molecule has 0 fully saturated rings.